The van der Waals surface area contributed by atoms with Crippen LogP contribution in [0.3, 0.4) is 0 Å². The Morgan fingerprint density at radius 3 is 2.20 bits per heavy atom. The van der Waals surface area contributed by atoms with Crippen LogP contribution in [0.15, 0.2) is 0 Å². The Balaban J connectivity index is 2.33. The number of hydrogen-bond acceptors (Lipinski definition) is 1. The molecule has 1 nitrogen and oxygen atoms in total. The average molecular weight is 141 g/mol. The van der Waals surface area contributed by atoms with Gasteiger partial charge in [0.25, 0.3) is 0 Å². The first-order chi connectivity index (χ1) is 4.68. The van der Waals surface area contributed by atoms with Crippen LogP contribution in [0.2, 0.25) is 0 Å². The van der Waals surface area contributed by atoms with Gasteiger partial charge in [-0.25, -0.2) is 0 Å². The van der Waals surface area contributed by atoms with Gasteiger partial charge in [0.2, 0.25) is 0 Å². The molecule has 1 aliphatic carbocycles. The van der Waals surface area contributed by atoms with Crippen molar-refractivity contribution in [3.8, 4) is 0 Å². The molecule has 1 fully saturated rings. The lowest BCUT2D eigenvalue weighted by atomic mass is 9.64. The van der Waals surface area contributed by atoms with Crippen LogP contribution in [0.5, 0.6) is 0 Å². The van der Waals surface area contributed by atoms with Crippen molar-refractivity contribution in [3.05, 3.63) is 0 Å². The Bertz CT molecular complexity index is 97.8. The maximum Gasteiger partial charge on any atom is 0.00157 e. The van der Waals surface area contributed by atoms with E-state index >= 15 is 0 Å². The molecule has 0 spiro atoms. The fraction of sp³-hybridized carbons (Fsp3) is 1.00. The SMILES string of the molecule is CCC1(C[C@H](C)N)CCC1. The second-order valence-corrected chi connectivity index (χ2v) is 3.89. The summed E-state index contributed by atoms with van der Waals surface area (Å²) in [4.78, 5) is 0. The van der Waals surface area contributed by atoms with Crippen LogP contribution >= 0.6 is 0 Å². The van der Waals surface area contributed by atoms with E-state index in [9.17, 15) is 0 Å². The first kappa shape index (κ1) is 8.06. The molecule has 1 aliphatic rings. The largest absolute Gasteiger partial charge is 0.328 e. The lowest BCUT2D eigenvalue weighted by Gasteiger charge is -2.42. The number of hydrogen-bond donors (Lipinski definition) is 1. The second-order valence-electron chi connectivity index (χ2n) is 3.89. The molecule has 0 unspecified atom stereocenters. The highest BCUT2D eigenvalue weighted by Crippen LogP contribution is 2.47. The summed E-state index contributed by atoms with van der Waals surface area (Å²) in [6.07, 6.45) is 6.84. The van der Waals surface area contributed by atoms with Gasteiger partial charge in [-0.2, -0.15) is 0 Å². The highest BCUT2D eigenvalue weighted by atomic mass is 14.6. The van der Waals surface area contributed by atoms with Crippen LogP contribution in [0.25, 0.3) is 0 Å². The molecule has 0 aromatic carbocycles. The number of rotatable bonds is 3. The standard InChI is InChI=1S/C9H19N/c1-3-9(5-4-6-9)7-8(2)10/h8H,3-7,10H2,1-2H3/t8-/m0/s1. The molecule has 60 valence electrons. The molecule has 1 rings (SSSR count). The van der Waals surface area contributed by atoms with Gasteiger partial charge in [-0.3, -0.25) is 0 Å². The van der Waals surface area contributed by atoms with E-state index in [1.54, 1.807) is 0 Å². The molecule has 0 saturated heterocycles. The summed E-state index contributed by atoms with van der Waals surface area (Å²) in [5.41, 5.74) is 6.42. The Kier molecular flexibility index (Phi) is 2.35. The summed E-state index contributed by atoms with van der Waals surface area (Å²) >= 11 is 0. The van der Waals surface area contributed by atoms with Gasteiger partial charge in [0, 0.05) is 6.04 Å². The quantitative estimate of drug-likeness (QED) is 0.641. The second kappa shape index (κ2) is 2.91. The predicted molar refractivity (Wildman–Crippen MR) is 44.8 cm³/mol. The van der Waals surface area contributed by atoms with E-state index in [1.807, 2.05) is 0 Å². The Hall–Kier alpha value is -0.0400. The molecule has 1 saturated carbocycles. The first-order valence-electron chi connectivity index (χ1n) is 4.44. The van der Waals surface area contributed by atoms with Crippen molar-refractivity contribution in [2.75, 3.05) is 0 Å². The van der Waals surface area contributed by atoms with E-state index in [1.165, 1.54) is 32.1 Å². The van der Waals surface area contributed by atoms with Crippen molar-refractivity contribution in [2.24, 2.45) is 11.1 Å². The van der Waals surface area contributed by atoms with Crippen LogP contribution in [-0.4, -0.2) is 6.04 Å². The lowest BCUT2D eigenvalue weighted by molar-refractivity contribution is 0.105. The summed E-state index contributed by atoms with van der Waals surface area (Å²) in [6, 6.07) is 0.403. The Labute approximate surface area is 64.0 Å². The zero-order valence-electron chi connectivity index (χ0n) is 7.19. The summed E-state index contributed by atoms with van der Waals surface area (Å²) in [5, 5.41) is 0. The minimum absolute atomic E-state index is 0.403. The van der Waals surface area contributed by atoms with Gasteiger partial charge in [-0.05, 0) is 31.6 Å². The monoisotopic (exact) mass is 141 g/mol. The summed E-state index contributed by atoms with van der Waals surface area (Å²) < 4.78 is 0. The zero-order valence-corrected chi connectivity index (χ0v) is 7.19. The fourth-order valence-electron chi connectivity index (χ4n) is 2.06. The lowest BCUT2D eigenvalue weighted by Crippen LogP contribution is -2.34. The van der Waals surface area contributed by atoms with Crippen molar-refractivity contribution in [1.82, 2.24) is 0 Å². The van der Waals surface area contributed by atoms with Crippen molar-refractivity contribution >= 4 is 0 Å². The highest BCUT2D eigenvalue weighted by Gasteiger charge is 2.35. The molecule has 1 atom stereocenters. The topological polar surface area (TPSA) is 26.0 Å². The van der Waals surface area contributed by atoms with Gasteiger partial charge in [0.05, 0.1) is 0 Å². The maximum absolute atomic E-state index is 5.76. The minimum atomic E-state index is 0.403. The smallest absolute Gasteiger partial charge is 0.00157 e. The third kappa shape index (κ3) is 1.51. The van der Waals surface area contributed by atoms with Crippen LogP contribution in [0.1, 0.15) is 46.0 Å². The van der Waals surface area contributed by atoms with Crippen molar-refractivity contribution < 1.29 is 0 Å². The van der Waals surface area contributed by atoms with Crippen molar-refractivity contribution in [2.45, 2.75) is 52.0 Å². The average Bonchev–Trinajstić information content (AvgIpc) is 1.78. The van der Waals surface area contributed by atoms with E-state index in [0.29, 0.717) is 11.5 Å². The van der Waals surface area contributed by atoms with E-state index < -0.39 is 0 Å². The Morgan fingerprint density at radius 2 is 2.10 bits per heavy atom. The number of nitrogens with two attached hydrogens (primary N) is 1. The molecule has 0 aromatic heterocycles. The van der Waals surface area contributed by atoms with E-state index in [2.05, 4.69) is 13.8 Å². The summed E-state index contributed by atoms with van der Waals surface area (Å²) in [5.74, 6) is 0. The predicted octanol–water partition coefficient (Wildman–Crippen LogP) is 2.30. The molecule has 0 aromatic rings. The molecule has 2 N–H and O–H groups in total. The fourth-order valence-corrected chi connectivity index (χ4v) is 2.06. The molecule has 0 amide bonds. The van der Waals surface area contributed by atoms with Crippen LogP contribution < -0.4 is 5.73 Å². The summed E-state index contributed by atoms with van der Waals surface area (Å²) in [7, 11) is 0. The van der Waals surface area contributed by atoms with E-state index in [0.717, 1.165) is 0 Å². The molecule has 0 aliphatic heterocycles. The molecular formula is C9H19N. The molecule has 0 radical (unpaired) electrons. The summed E-state index contributed by atoms with van der Waals surface area (Å²) in [6.45, 7) is 4.41. The third-order valence-electron chi connectivity index (χ3n) is 2.92. The first-order valence-corrected chi connectivity index (χ1v) is 4.44. The normalized spacial score (nSPS) is 25.5. The molecule has 1 heteroatoms. The van der Waals surface area contributed by atoms with Crippen molar-refractivity contribution in [3.63, 3.8) is 0 Å². The molecule has 10 heavy (non-hydrogen) atoms. The van der Waals surface area contributed by atoms with Gasteiger partial charge >= 0.3 is 0 Å². The van der Waals surface area contributed by atoms with Gasteiger partial charge in [0.1, 0.15) is 0 Å². The molecular weight excluding hydrogens is 122 g/mol. The van der Waals surface area contributed by atoms with Gasteiger partial charge in [-0.15, -0.1) is 0 Å². The van der Waals surface area contributed by atoms with Crippen LogP contribution in [0.4, 0.5) is 0 Å². The van der Waals surface area contributed by atoms with Gasteiger partial charge in [-0.1, -0.05) is 19.8 Å². The van der Waals surface area contributed by atoms with Crippen LogP contribution in [-0.2, 0) is 0 Å². The molecule has 0 heterocycles. The minimum Gasteiger partial charge on any atom is -0.328 e. The van der Waals surface area contributed by atoms with Gasteiger partial charge in [0.15, 0.2) is 0 Å². The third-order valence-corrected chi connectivity index (χ3v) is 2.92. The van der Waals surface area contributed by atoms with Gasteiger partial charge < -0.3 is 5.73 Å². The van der Waals surface area contributed by atoms with E-state index in [-0.39, 0.29) is 0 Å². The highest BCUT2D eigenvalue weighted by molar-refractivity contribution is 4.88. The van der Waals surface area contributed by atoms with E-state index in [4.69, 9.17) is 5.73 Å². The Morgan fingerprint density at radius 1 is 1.50 bits per heavy atom. The van der Waals surface area contributed by atoms with Crippen molar-refractivity contribution in [1.29, 1.82) is 0 Å². The molecule has 0 bridgehead atoms. The van der Waals surface area contributed by atoms with Crippen LogP contribution in [0, 0.1) is 5.41 Å². The zero-order chi connectivity index (χ0) is 7.61. The maximum atomic E-state index is 5.76.